The predicted molar refractivity (Wildman–Crippen MR) is 95.5 cm³/mol. The van der Waals surface area contributed by atoms with Crippen molar-refractivity contribution in [2.45, 2.75) is 18.9 Å². The van der Waals surface area contributed by atoms with Gasteiger partial charge in [0.05, 0.1) is 15.9 Å². The van der Waals surface area contributed by atoms with Crippen LogP contribution in [-0.4, -0.2) is 39.8 Å². The van der Waals surface area contributed by atoms with E-state index >= 15 is 0 Å². The lowest BCUT2D eigenvalue weighted by atomic mass is 10.0. The molecular weight excluding hydrogens is 322 g/mol. The van der Waals surface area contributed by atoms with Crippen molar-refractivity contribution >= 4 is 33.1 Å². The maximum atomic E-state index is 12.4. The number of rotatable bonds is 3. The van der Waals surface area contributed by atoms with Crippen LogP contribution in [0.25, 0.3) is 10.2 Å². The third-order valence-electron chi connectivity index (χ3n) is 4.47. The third kappa shape index (κ3) is 2.75. The van der Waals surface area contributed by atoms with Gasteiger partial charge in [0, 0.05) is 38.6 Å². The average molecular weight is 341 g/mol. The SMILES string of the molecule is Cn1nccc1C(=O)NC1CCCN(c2ccnc3ccsc23)C1. The second kappa shape index (κ2) is 6.24. The van der Waals surface area contributed by atoms with E-state index in [1.165, 1.54) is 10.4 Å². The van der Waals surface area contributed by atoms with E-state index in [1.807, 2.05) is 6.20 Å². The molecule has 1 fully saturated rings. The Balaban J connectivity index is 1.51. The Hall–Kier alpha value is -2.41. The minimum atomic E-state index is -0.0575. The molecule has 6 nitrogen and oxygen atoms in total. The summed E-state index contributed by atoms with van der Waals surface area (Å²) in [6.07, 6.45) is 5.57. The zero-order valence-electron chi connectivity index (χ0n) is 13.5. The first-order chi connectivity index (χ1) is 11.7. The number of nitrogens with zero attached hydrogens (tertiary/aromatic N) is 4. The summed E-state index contributed by atoms with van der Waals surface area (Å²) in [5, 5.41) is 9.29. The Morgan fingerprint density at radius 3 is 3.08 bits per heavy atom. The topological polar surface area (TPSA) is 63.1 Å². The number of aromatic nitrogens is 3. The number of fused-ring (bicyclic) bond motifs is 1. The fourth-order valence-electron chi connectivity index (χ4n) is 3.28. The van der Waals surface area contributed by atoms with E-state index in [2.05, 4.69) is 37.8 Å². The summed E-state index contributed by atoms with van der Waals surface area (Å²) < 4.78 is 2.82. The van der Waals surface area contributed by atoms with E-state index in [0.717, 1.165) is 31.4 Å². The van der Waals surface area contributed by atoms with Crippen LogP contribution in [0, 0.1) is 0 Å². The Morgan fingerprint density at radius 1 is 1.33 bits per heavy atom. The number of hydrogen-bond donors (Lipinski definition) is 1. The smallest absolute Gasteiger partial charge is 0.269 e. The van der Waals surface area contributed by atoms with Crippen LogP contribution in [0.3, 0.4) is 0 Å². The summed E-state index contributed by atoms with van der Waals surface area (Å²) in [6.45, 7) is 1.83. The van der Waals surface area contributed by atoms with Gasteiger partial charge in [-0.15, -0.1) is 11.3 Å². The molecule has 0 saturated carbocycles. The third-order valence-corrected chi connectivity index (χ3v) is 5.40. The van der Waals surface area contributed by atoms with Gasteiger partial charge >= 0.3 is 0 Å². The van der Waals surface area contributed by atoms with Crippen molar-refractivity contribution in [1.29, 1.82) is 0 Å². The van der Waals surface area contributed by atoms with E-state index in [0.29, 0.717) is 5.69 Å². The fraction of sp³-hybridized carbons (Fsp3) is 0.353. The summed E-state index contributed by atoms with van der Waals surface area (Å²) in [5.74, 6) is -0.0575. The van der Waals surface area contributed by atoms with Gasteiger partial charge in [-0.2, -0.15) is 5.10 Å². The van der Waals surface area contributed by atoms with Crippen molar-refractivity contribution in [3.8, 4) is 0 Å². The summed E-state index contributed by atoms with van der Waals surface area (Å²) >= 11 is 1.72. The maximum absolute atomic E-state index is 12.4. The van der Waals surface area contributed by atoms with Crippen LogP contribution in [0.4, 0.5) is 5.69 Å². The molecule has 0 radical (unpaired) electrons. The lowest BCUT2D eigenvalue weighted by Gasteiger charge is -2.35. The number of pyridine rings is 1. The van der Waals surface area contributed by atoms with E-state index < -0.39 is 0 Å². The van der Waals surface area contributed by atoms with Crippen molar-refractivity contribution in [2.24, 2.45) is 7.05 Å². The van der Waals surface area contributed by atoms with Gasteiger partial charge in [0.15, 0.2) is 0 Å². The lowest BCUT2D eigenvalue weighted by molar-refractivity contribution is 0.0923. The number of carbonyl (C=O) groups excluding carboxylic acids is 1. The molecule has 1 atom stereocenters. The zero-order valence-corrected chi connectivity index (χ0v) is 14.3. The van der Waals surface area contributed by atoms with Gasteiger partial charge < -0.3 is 10.2 Å². The molecule has 4 heterocycles. The van der Waals surface area contributed by atoms with Gasteiger partial charge in [-0.25, -0.2) is 0 Å². The number of anilines is 1. The second-order valence-electron chi connectivity index (χ2n) is 6.06. The normalized spacial score (nSPS) is 18.0. The van der Waals surface area contributed by atoms with Gasteiger partial charge in [0.1, 0.15) is 5.69 Å². The van der Waals surface area contributed by atoms with Crippen LogP contribution in [0.5, 0.6) is 0 Å². The Labute approximate surface area is 144 Å². The van der Waals surface area contributed by atoms with E-state index in [-0.39, 0.29) is 11.9 Å². The maximum Gasteiger partial charge on any atom is 0.269 e. The molecule has 1 saturated heterocycles. The molecule has 3 aromatic rings. The van der Waals surface area contributed by atoms with Crippen molar-refractivity contribution in [1.82, 2.24) is 20.1 Å². The highest BCUT2D eigenvalue weighted by Crippen LogP contribution is 2.31. The van der Waals surface area contributed by atoms with Gasteiger partial charge in [0.2, 0.25) is 0 Å². The first-order valence-corrected chi connectivity index (χ1v) is 8.96. The molecule has 1 aliphatic rings. The van der Waals surface area contributed by atoms with Crippen molar-refractivity contribution in [3.05, 3.63) is 41.7 Å². The van der Waals surface area contributed by atoms with Crippen LogP contribution >= 0.6 is 11.3 Å². The summed E-state index contributed by atoms with van der Waals surface area (Å²) in [6, 6.07) is 6.01. The molecular formula is C17H19N5OS. The van der Waals surface area contributed by atoms with E-state index in [1.54, 1.807) is 35.3 Å². The predicted octanol–water partition coefficient (Wildman–Crippen LogP) is 2.43. The highest BCUT2D eigenvalue weighted by Gasteiger charge is 2.24. The zero-order chi connectivity index (χ0) is 16.5. The summed E-state index contributed by atoms with van der Waals surface area (Å²) in [4.78, 5) is 19.2. The van der Waals surface area contributed by atoms with Gasteiger partial charge in [-0.05, 0) is 36.4 Å². The van der Waals surface area contributed by atoms with Crippen molar-refractivity contribution < 1.29 is 4.79 Å². The Kier molecular flexibility index (Phi) is 3.93. The van der Waals surface area contributed by atoms with Crippen LogP contribution < -0.4 is 10.2 Å². The number of thiophene rings is 1. The van der Waals surface area contributed by atoms with Crippen LogP contribution in [0.2, 0.25) is 0 Å². The standard InChI is InChI=1S/C17H19N5OS/c1-21-15(5-8-19-21)17(23)20-12-3-2-9-22(11-12)14-4-7-18-13-6-10-24-16(13)14/h4-8,10,12H,2-3,9,11H2,1H3,(H,20,23). The van der Waals surface area contributed by atoms with Crippen molar-refractivity contribution in [3.63, 3.8) is 0 Å². The van der Waals surface area contributed by atoms with Gasteiger partial charge in [-0.1, -0.05) is 0 Å². The molecule has 0 bridgehead atoms. The quantitative estimate of drug-likeness (QED) is 0.795. The number of amides is 1. The van der Waals surface area contributed by atoms with Crippen molar-refractivity contribution in [2.75, 3.05) is 18.0 Å². The number of carbonyl (C=O) groups is 1. The summed E-state index contributed by atoms with van der Waals surface area (Å²) in [7, 11) is 1.78. The minimum absolute atomic E-state index is 0.0575. The van der Waals surface area contributed by atoms with Crippen LogP contribution in [-0.2, 0) is 7.05 Å². The molecule has 7 heteroatoms. The van der Waals surface area contributed by atoms with Gasteiger partial charge in [-0.3, -0.25) is 14.5 Å². The minimum Gasteiger partial charge on any atom is -0.368 e. The molecule has 1 unspecified atom stereocenters. The second-order valence-corrected chi connectivity index (χ2v) is 6.98. The van der Waals surface area contributed by atoms with E-state index in [4.69, 9.17) is 0 Å². The van der Waals surface area contributed by atoms with Gasteiger partial charge in [0.25, 0.3) is 5.91 Å². The van der Waals surface area contributed by atoms with Crippen LogP contribution in [0.1, 0.15) is 23.3 Å². The monoisotopic (exact) mass is 341 g/mol. The first kappa shape index (κ1) is 15.1. The average Bonchev–Trinajstić information content (AvgIpc) is 3.23. The number of piperidine rings is 1. The largest absolute Gasteiger partial charge is 0.368 e. The molecule has 1 aliphatic heterocycles. The molecule has 1 N–H and O–H groups in total. The molecule has 0 aliphatic carbocycles. The molecule has 3 aromatic heterocycles. The molecule has 24 heavy (non-hydrogen) atoms. The molecule has 1 amide bonds. The Bertz CT molecular complexity index is 871. The fourth-order valence-corrected chi connectivity index (χ4v) is 4.17. The lowest BCUT2D eigenvalue weighted by Crippen LogP contribution is -2.48. The van der Waals surface area contributed by atoms with Crippen LogP contribution in [0.15, 0.2) is 36.0 Å². The van der Waals surface area contributed by atoms with E-state index in [9.17, 15) is 4.79 Å². The number of nitrogens with one attached hydrogen (secondary N) is 1. The highest BCUT2D eigenvalue weighted by atomic mass is 32.1. The first-order valence-electron chi connectivity index (χ1n) is 8.08. The number of hydrogen-bond acceptors (Lipinski definition) is 5. The Morgan fingerprint density at radius 2 is 2.25 bits per heavy atom. The molecule has 0 aromatic carbocycles. The molecule has 124 valence electrons. The number of aryl methyl sites for hydroxylation is 1. The molecule has 4 rings (SSSR count). The summed E-state index contributed by atoms with van der Waals surface area (Å²) in [5.41, 5.74) is 2.85. The highest BCUT2D eigenvalue weighted by molar-refractivity contribution is 7.17. The molecule has 0 spiro atoms.